The predicted molar refractivity (Wildman–Crippen MR) is 162 cm³/mol. The number of benzene rings is 4. The van der Waals surface area contributed by atoms with Gasteiger partial charge in [-0.25, -0.2) is 4.39 Å². The lowest BCUT2D eigenvalue weighted by atomic mass is 10.1. The molecule has 4 rings (SSSR count). The van der Waals surface area contributed by atoms with Crippen LogP contribution in [0.25, 0.3) is 6.08 Å². The molecule has 0 bridgehead atoms. The molecule has 4 aromatic rings. The number of halogens is 1. The van der Waals surface area contributed by atoms with Crippen molar-refractivity contribution < 1.29 is 28.2 Å². The molecule has 0 radical (unpaired) electrons. The van der Waals surface area contributed by atoms with Crippen LogP contribution in [0.5, 0.6) is 11.5 Å². The third kappa shape index (κ3) is 8.21. The Labute approximate surface area is 246 Å². The van der Waals surface area contributed by atoms with Crippen LogP contribution in [-0.4, -0.2) is 37.7 Å². The zero-order chi connectivity index (χ0) is 29.9. The minimum Gasteiger partial charge on any atom is -0.497 e. The van der Waals surface area contributed by atoms with E-state index in [1.54, 1.807) is 78.9 Å². The average Bonchev–Trinajstić information content (AvgIpc) is 3.01. The van der Waals surface area contributed by atoms with Crippen molar-refractivity contribution in [3.8, 4) is 11.5 Å². The highest BCUT2D eigenvalue weighted by molar-refractivity contribution is 8.00. The Balaban J connectivity index is 1.41. The summed E-state index contributed by atoms with van der Waals surface area (Å²) in [5.41, 5.74) is 1.31. The quantitative estimate of drug-likeness (QED) is 0.148. The Morgan fingerprint density at radius 2 is 1.55 bits per heavy atom. The summed E-state index contributed by atoms with van der Waals surface area (Å²) in [7, 11) is 3.05. The minimum atomic E-state index is -0.630. The molecule has 0 aliphatic heterocycles. The van der Waals surface area contributed by atoms with Gasteiger partial charge in [-0.3, -0.25) is 14.4 Å². The molecule has 0 aliphatic carbocycles. The summed E-state index contributed by atoms with van der Waals surface area (Å²) in [6.45, 7) is 0. The van der Waals surface area contributed by atoms with Crippen molar-refractivity contribution in [1.82, 2.24) is 5.32 Å². The van der Waals surface area contributed by atoms with E-state index in [4.69, 9.17) is 9.47 Å². The third-order valence-corrected chi connectivity index (χ3v) is 6.91. The van der Waals surface area contributed by atoms with Gasteiger partial charge < -0.3 is 25.4 Å². The maximum Gasteiger partial charge on any atom is 0.272 e. The number of nitrogens with one attached hydrogen (secondary N) is 3. The molecule has 4 aromatic carbocycles. The lowest BCUT2D eigenvalue weighted by molar-refractivity contribution is -0.114. The molecular weight excluding hydrogens is 557 g/mol. The number of hydrogen-bond donors (Lipinski definition) is 3. The zero-order valence-corrected chi connectivity index (χ0v) is 23.7. The highest BCUT2D eigenvalue weighted by atomic mass is 32.2. The summed E-state index contributed by atoms with van der Waals surface area (Å²) in [4.78, 5) is 39.3. The van der Waals surface area contributed by atoms with E-state index in [9.17, 15) is 18.8 Å². The van der Waals surface area contributed by atoms with Crippen LogP contribution in [0.3, 0.4) is 0 Å². The van der Waals surface area contributed by atoms with Crippen molar-refractivity contribution in [2.75, 3.05) is 30.6 Å². The summed E-state index contributed by atoms with van der Waals surface area (Å²) >= 11 is 1.31. The average molecular weight is 586 g/mol. The van der Waals surface area contributed by atoms with Gasteiger partial charge in [0.15, 0.2) is 0 Å². The number of carbonyl (C=O) groups is 3. The fourth-order valence-electron chi connectivity index (χ4n) is 3.77. The molecular formula is C32H28FN3O5S. The van der Waals surface area contributed by atoms with Crippen LogP contribution in [0.2, 0.25) is 0 Å². The molecule has 214 valence electrons. The number of carbonyl (C=O) groups excluding carboxylic acids is 3. The smallest absolute Gasteiger partial charge is 0.272 e. The SMILES string of the molecule is COc1ccc(OC)c(NC(=O)CSc2ccc(NC(=O)/C(=C/c3ccccc3F)NC(=O)c3ccccc3)cc2)c1. The first-order chi connectivity index (χ1) is 20.4. The van der Waals surface area contributed by atoms with Crippen molar-refractivity contribution in [2.45, 2.75) is 4.90 Å². The fraction of sp³-hybridized carbons (Fsp3) is 0.0938. The number of ether oxygens (including phenoxy) is 2. The van der Waals surface area contributed by atoms with Gasteiger partial charge in [0.2, 0.25) is 5.91 Å². The highest BCUT2D eigenvalue weighted by Gasteiger charge is 2.16. The van der Waals surface area contributed by atoms with E-state index < -0.39 is 17.6 Å². The molecule has 0 saturated heterocycles. The van der Waals surface area contributed by atoms with E-state index in [1.165, 1.54) is 50.3 Å². The zero-order valence-electron chi connectivity index (χ0n) is 22.8. The molecule has 0 spiro atoms. The topological polar surface area (TPSA) is 106 Å². The van der Waals surface area contributed by atoms with Crippen LogP contribution in [0.15, 0.2) is 108 Å². The van der Waals surface area contributed by atoms with Gasteiger partial charge in [-0.15, -0.1) is 11.8 Å². The summed E-state index contributed by atoms with van der Waals surface area (Å²) in [5.74, 6) is -0.680. The summed E-state index contributed by atoms with van der Waals surface area (Å²) in [5, 5.41) is 8.13. The van der Waals surface area contributed by atoms with Gasteiger partial charge in [-0.2, -0.15) is 0 Å². The number of anilines is 2. The highest BCUT2D eigenvalue weighted by Crippen LogP contribution is 2.29. The largest absolute Gasteiger partial charge is 0.497 e. The van der Waals surface area contributed by atoms with E-state index in [0.29, 0.717) is 28.4 Å². The van der Waals surface area contributed by atoms with E-state index in [1.807, 2.05) is 0 Å². The van der Waals surface area contributed by atoms with E-state index in [0.717, 1.165) is 4.90 Å². The Morgan fingerprint density at radius 1 is 0.833 bits per heavy atom. The third-order valence-electron chi connectivity index (χ3n) is 5.90. The predicted octanol–water partition coefficient (Wildman–Crippen LogP) is 5.98. The summed E-state index contributed by atoms with van der Waals surface area (Å²) in [6.07, 6.45) is 1.28. The maximum absolute atomic E-state index is 14.3. The van der Waals surface area contributed by atoms with Crippen LogP contribution < -0.4 is 25.4 Å². The first kappa shape index (κ1) is 29.9. The first-order valence-electron chi connectivity index (χ1n) is 12.7. The second-order valence-corrected chi connectivity index (χ2v) is 9.83. The monoisotopic (exact) mass is 585 g/mol. The molecule has 0 saturated carbocycles. The van der Waals surface area contributed by atoms with Gasteiger partial charge >= 0.3 is 0 Å². The van der Waals surface area contributed by atoms with Crippen molar-refractivity contribution >= 4 is 46.9 Å². The Kier molecular flexibility index (Phi) is 10.3. The number of methoxy groups -OCH3 is 2. The number of amides is 3. The van der Waals surface area contributed by atoms with E-state index in [-0.39, 0.29) is 22.9 Å². The van der Waals surface area contributed by atoms with Crippen LogP contribution in [0.1, 0.15) is 15.9 Å². The Bertz CT molecular complexity index is 1590. The standard InChI is InChI=1S/C32H28FN3O5S/c1-40-24-14-17-29(41-2)27(19-24)35-30(37)20-42-25-15-12-23(13-16-25)34-32(39)28(18-22-10-6-7-11-26(22)33)36-31(38)21-8-4-3-5-9-21/h3-19H,20H2,1-2H3,(H,34,39)(H,35,37)(H,36,38)/b28-18-. The molecule has 0 fully saturated rings. The summed E-state index contributed by atoms with van der Waals surface area (Å²) < 4.78 is 24.8. The van der Waals surface area contributed by atoms with Crippen LogP contribution in [0, 0.1) is 5.82 Å². The van der Waals surface area contributed by atoms with Crippen LogP contribution in [0.4, 0.5) is 15.8 Å². The molecule has 0 aromatic heterocycles. The number of hydrogen-bond acceptors (Lipinski definition) is 6. The lowest BCUT2D eigenvalue weighted by Crippen LogP contribution is -2.30. The van der Waals surface area contributed by atoms with Gasteiger partial charge in [0, 0.05) is 27.8 Å². The van der Waals surface area contributed by atoms with E-state index >= 15 is 0 Å². The molecule has 10 heteroatoms. The van der Waals surface area contributed by atoms with Gasteiger partial charge in [0.05, 0.1) is 25.7 Å². The molecule has 42 heavy (non-hydrogen) atoms. The van der Waals surface area contributed by atoms with Crippen LogP contribution in [-0.2, 0) is 9.59 Å². The normalized spacial score (nSPS) is 10.9. The lowest BCUT2D eigenvalue weighted by Gasteiger charge is -2.12. The molecule has 0 heterocycles. The Hall–Kier alpha value is -5.09. The molecule has 0 atom stereocenters. The molecule has 0 unspecified atom stereocenters. The van der Waals surface area contributed by atoms with Gasteiger partial charge in [0.25, 0.3) is 11.8 Å². The second kappa shape index (κ2) is 14.5. The van der Waals surface area contributed by atoms with Crippen molar-refractivity contribution in [3.05, 3.63) is 120 Å². The van der Waals surface area contributed by atoms with E-state index in [2.05, 4.69) is 16.0 Å². The summed E-state index contributed by atoms with van der Waals surface area (Å²) in [6, 6.07) is 26.3. The van der Waals surface area contributed by atoms with Gasteiger partial charge in [-0.05, 0) is 60.7 Å². The number of rotatable bonds is 11. The molecule has 8 nitrogen and oxygen atoms in total. The number of thioether (sulfide) groups is 1. The van der Waals surface area contributed by atoms with Crippen molar-refractivity contribution in [2.24, 2.45) is 0 Å². The van der Waals surface area contributed by atoms with Gasteiger partial charge in [-0.1, -0.05) is 36.4 Å². The minimum absolute atomic E-state index is 0.128. The molecule has 3 amide bonds. The first-order valence-corrected chi connectivity index (χ1v) is 13.7. The molecule has 3 N–H and O–H groups in total. The van der Waals surface area contributed by atoms with Crippen molar-refractivity contribution in [1.29, 1.82) is 0 Å². The van der Waals surface area contributed by atoms with Crippen LogP contribution >= 0.6 is 11.8 Å². The fourth-order valence-corrected chi connectivity index (χ4v) is 4.47. The Morgan fingerprint density at radius 3 is 2.24 bits per heavy atom. The second-order valence-electron chi connectivity index (χ2n) is 8.78. The maximum atomic E-state index is 14.3. The van der Waals surface area contributed by atoms with Crippen molar-refractivity contribution in [3.63, 3.8) is 0 Å². The molecule has 0 aliphatic rings. The van der Waals surface area contributed by atoms with Gasteiger partial charge in [0.1, 0.15) is 23.0 Å².